The van der Waals surface area contributed by atoms with Crippen molar-refractivity contribution in [3.63, 3.8) is 0 Å². The number of piperidine rings is 1. The summed E-state index contributed by atoms with van der Waals surface area (Å²) in [7, 11) is 1.63. The van der Waals surface area contributed by atoms with E-state index >= 15 is 0 Å². The Balaban J connectivity index is 1.36. The lowest BCUT2D eigenvalue weighted by atomic mass is 9.96. The van der Waals surface area contributed by atoms with E-state index in [-0.39, 0.29) is 11.8 Å². The highest BCUT2D eigenvalue weighted by Crippen LogP contribution is 2.23. The Morgan fingerprint density at radius 3 is 2.16 bits per heavy atom. The van der Waals surface area contributed by atoms with Crippen molar-refractivity contribution in [3.8, 4) is 16.9 Å². The average molecular weight is 432 g/mol. The highest BCUT2D eigenvalue weighted by molar-refractivity contribution is 5.94. The van der Waals surface area contributed by atoms with Crippen LogP contribution in [0.15, 0.2) is 60.9 Å². The third kappa shape index (κ3) is 4.85. The zero-order valence-electron chi connectivity index (χ0n) is 17.7. The zero-order chi connectivity index (χ0) is 22.5. The number of methoxy groups -OCH3 is 1. The topological polar surface area (TPSA) is 105 Å². The Hall–Kier alpha value is -3.94. The second kappa shape index (κ2) is 9.47. The molecule has 8 nitrogen and oxygen atoms in total. The van der Waals surface area contributed by atoms with Gasteiger partial charge in [0.15, 0.2) is 0 Å². The summed E-state index contributed by atoms with van der Waals surface area (Å²) >= 11 is 0. The first-order valence-electron chi connectivity index (χ1n) is 10.4. The lowest BCUT2D eigenvalue weighted by Crippen LogP contribution is -2.40. The molecule has 1 aliphatic rings. The number of carbonyl (C=O) groups is 2. The predicted molar refractivity (Wildman–Crippen MR) is 120 cm³/mol. The van der Waals surface area contributed by atoms with E-state index in [1.807, 2.05) is 24.3 Å². The van der Waals surface area contributed by atoms with Crippen molar-refractivity contribution in [1.29, 1.82) is 0 Å². The second-order valence-corrected chi connectivity index (χ2v) is 7.63. The number of anilines is 2. The van der Waals surface area contributed by atoms with Crippen molar-refractivity contribution in [3.05, 3.63) is 66.5 Å². The number of benzene rings is 2. The number of carboxylic acid groups (broad SMARTS) is 1. The maximum Gasteiger partial charge on any atom is 0.306 e. The van der Waals surface area contributed by atoms with Crippen LogP contribution in [0, 0.1) is 5.92 Å². The van der Waals surface area contributed by atoms with Crippen molar-refractivity contribution in [2.75, 3.05) is 25.5 Å². The summed E-state index contributed by atoms with van der Waals surface area (Å²) in [5.74, 6) is 0.0192. The summed E-state index contributed by atoms with van der Waals surface area (Å²) in [6.45, 7) is 0.925. The highest BCUT2D eigenvalue weighted by Gasteiger charge is 2.27. The fourth-order valence-electron chi connectivity index (χ4n) is 3.66. The number of aromatic nitrogens is 2. The molecule has 32 heavy (non-hydrogen) atoms. The van der Waals surface area contributed by atoms with Crippen LogP contribution < -0.4 is 10.1 Å². The minimum absolute atomic E-state index is 0.0829. The van der Waals surface area contributed by atoms with Gasteiger partial charge in [-0.1, -0.05) is 12.1 Å². The van der Waals surface area contributed by atoms with Gasteiger partial charge in [-0.25, -0.2) is 9.97 Å². The number of carbonyl (C=O) groups excluding carboxylic acids is 1. The van der Waals surface area contributed by atoms with Gasteiger partial charge in [-0.3, -0.25) is 9.59 Å². The molecule has 8 heteroatoms. The van der Waals surface area contributed by atoms with Gasteiger partial charge in [0.1, 0.15) is 5.75 Å². The summed E-state index contributed by atoms with van der Waals surface area (Å²) in [5, 5.41) is 12.2. The van der Waals surface area contributed by atoms with E-state index in [0.29, 0.717) is 37.4 Å². The molecule has 0 aliphatic carbocycles. The first-order valence-corrected chi connectivity index (χ1v) is 10.4. The molecule has 2 N–H and O–H groups in total. The van der Waals surface area contributed by atoms with Gasteiger partial charge in [-0.05, 0) is 54.8 Å². The van der Waals surface area contributed by atoms with E-state index in [1.54, 1.807) is 48.7 Å². The van der Waals surface area contributed by atoms with Crippen LogP contribution in [0.4, 0.5) is 11.6 Å². The average Bonchev–Trinajstić information content (AvgIpc) is 2.85. The zero-order valence-corrected chi connectivity index (χ0v) is 17.7. The van der Waals surface area contributed by atoms with Gasteiger partial charge in [-0.2, -0.15) is 0 Å². The Labute approximate surface area is 185 Å². The minimum atomic E-state index is -0.785. The van der Waals surface area contributed by atoms with Crippen LogP contribution in [0.3, 0.4) is 0 Å². The molecule has 1 aromatic heterocycles. The van der Waals surface area contributed by atoms with Crippen molar-refractivity contribution < 1.29 is 19.4 Å². The van der Waals surface area contributed by atoms with Gasteiger partial charge in [0.2, 0.25) is 5.95 Å². The molecule has 4 rings (SSSR count). The van der Waals surface area contributed by atoms with Crippen molar-refractivity contribution in [1.82, 2.24) is 14.9 Å². The number of hydrogen-bond donors (Lipinski definition) is 2. The van der Waals surface area contributed by atoms with Gasteiger partial charge < -0.3 is 20.1 Å². The lowest BCUT2D eigenvalue weighted by Gasteiger charge is -2.30. The predicted octanol–water partition coefficient (Wildman–Crippen LogP) is 3.83. The number of carboxylic acids is 1. The molecule has 3 aromatic rings. The number of likely N-dealkylation sites (tertiary alicyclic amines) is 1. The smallest absolute Gasteiger partial charge is 0.306 e. The molecular weight excluding hydrogens is 408 g/mol. The molecule has 0 saturated carbocycles. The fourth-order valence-corrected chi connectivity index (χ4v) is 3.66. The Bertz CT molecular complexity index is 1070. The van der Waals surface area contributed by atoms with Crippen molar-refractivity contribution >= 4 is 23.5 Å². The van der Waals surface area contributed by atoms with Crippen LogP contribution in [-0.4, -0.2) is 52.1 Å². The fraction of sp³-hybridized carbons (Fsp3) is 0.250. The van der Waals surface area contributed by atoms with Crippen LogP contribution in [-0.2, 0) is 4.79 Å². The molecule has 2 aromatic carbocycles. The van der Waals surface area contributed by atoms with Crippen molar-refractivity contribution in [2.24, 2.45) is 5.92 Å². The molecule has 0 spiro atoms. The van der Waals surface area contributed by atoms with Gasteiger partial charge >= 0.3 is 5.97 Å². The van der Waals surface area contributed by atoms with Gasteiger partial charge in [0.25, 0.3) is 5.91 Å². The maximum atomic E-state index is 12.7. The molecule has 164 valence electrons. The van der Waals surface area contributed by atoms with Crippen LogP contribution in [0.5, 0.6) is 5.75 Å². The number of nitrogens with zero attached hydrogens (tertiary/aromatic N) is 3. The quantitative estimate of drug-likeness (QED) is 0.610. The van der Waals surface area contributed by atoms with Crippen LogP contribution in [0.25, 0.3) is 11.1 Å². The maximum absolute atomic E-state index is 12.7. The number of ether oxygens (including phenoxy) is 1. The minimum Gasteiger partial charge on any atom is -0.497 e. The third-order valence-corrected chi connectivity index (χ3v) is 5.59. The number of rotatable bonds is 6. The normalized spacial score (nSPS) is 14.1. The van der Waals surface area contributed by atoms with Crippen LogP contribution in [0.1, 0.15) is 23.2 Å². The monoisotopic (exact) mass is 432 g/mol. The van der Waals surface area contributed by atoms with E-state index < -0.39 is 5.97 Å². The molecule has 2 heterocycles. The molecule has 0 atom stereocenters. The third-order valence-electron chi connectivity index (χ3n) is 5.59. The second-order valence-electron chi connectivity index (χ2n) is 7.63. The molecule has 0 bridgehead atoms. The number of hydrogen-bond acceptors (Lipinski definition) is 6. The van der Waals surface area contributed by atoms with Crippen LogP contribution in [0.2, 0.25) is 0 Å². The summed E-state index contributed by atoms with van der Waals surface area (Å²) in [5.41, 5.74) is 3.22. The molecule has 1 amide bonds. The van der Waals surface area contributed by atoms with E-state index in [4.69, 9.17) is 9.84 Å². The van der Waals surface area contributed by atoms with Gasteiger partial charge in [0.05, 0.1) is 13.0 Å². The van der Waals surface area contributed by atoms with Gasteiger partial charge in [0, 0.05) is 42.3 Å². The molecule has 1 aliphatic heterocycles. The Morgan fingerprint density at radius 2 is 1.59 bits per heavy atom. The summed E-state index contributed by atoms with van der Waals surface area (Å²) in [4.78, 5) is 34.2. The number of nitrogens with one attached hydrogen (secondary N) is 1. The Kier molecular flexibility index (Phi) is 6.30. The van der Waals surface area contributed by atoms with E-state index in [2.05, 4.69) is 15.3 Å². The number of aliphatic carboxylic acids is 1. The summed E-state index contributed by atoms with van der Waals surface area (Å²) < 4.78 is 5.17. The lowest BCUT2D eigenvalue weighted by molar-refractivity contribution is -0.143. The molecular formula is C24H24N4O4. The van der Waals surface area contributed by atoms with Crippen LogP contribution >= 0.6 is 0 Å². The summed E-state index contributed by atoms with van der Waals surface area (Å²) in [6.07, 6.45) is 4.47. The Morgan fingerprint density at radius 1 is 0.969 bits per heavy atom. The largest absolute Gasteiger partial charge is 0.497 e. The first-order chi connectivity index (χ1) is 15.5. The SMILES string of the molecule is COc1ccc(-c2cnc(Nc3ccc(C(=O)N4CCC(C(=O)O)CC4)cc3)nc2)cc1. The standard InChI is InChI=1S/C24H24N4O4/c1-32-21-8-4-16(5-9-21)19-14-25-24(26-15-19)27-20-6-2-17(3-7-20)22(29)28-12-10-18(11-13-28)23(30)31/h2-9,14-15,18H,10-13H2,1H3,(H,30,31)(H,25,26,27). The highest BCUT2D eigenvalue weighted by atomic mass is 16.5. The summed E-state index contributed by atoms with van der Waals surface area (Å²) in [6, 6.07) is 14.8. The molecule has 0 radical (unpaired) electrons. The van der Waals surface area contributed by atoms with E-state index in [1.165, 1.54) is 0 Å². The van der Waals surface area contributed by atoms with E-state index in [9.17, 15) is 9.59 Å². The number of amides is 1. The van der Waals surface area contributed by atoms with Gasteiger partial charge in [-0.15, -0.1) is 0 Å². The van der Waals surface area contributed by atoms with Crippen molar-refractivity contribution in [2.45, 2.75) is 12.8 Å². The molecule has 0 unspecified atom stereocenters. The first kappa shape index (κ1) is 21.3. The molecule has 1 fully saturated rings. The van der Waals surface area contributed by atoms with E-state index in [0.717, 1.165) is 22.6 Å². The molecule has 1 saturated heterocycles.